The highest BCUT2D eigenvalue weighted by Gasteiger charge is 2.45. The normalized spacial score (nSPS) is 16.9. The molecule has 8 heteroatoms. The Morgan fingerprint density at radius 1 is 1.35 bits per heavy atom. The van der Waals surface area contributed by atoms with Gasteiger partial charge in [-0.3, -0.25) is 9.59 Å². The summed E-state index contributed by atoms with van der Waals surface area (Å²) in [6.45, 7) is 8.73. The van der Waals surface area contributed by atoms with Crippen molar-refractivity contribution in [2.45, 2.75) is 38.0 Å². The Labute approximate surface area is 157 Å². The molecular formula is C18H25N3O4S. The second-order valence-corrected chi connectivity index (χ2v) is 9.22. The van der Waals surface area contributed by atoms with Crippen molar-refractivity contribution < 1.29 is 19.5 Å². The highest BCUT2D eigenvalue weighted by molar-refractivity contribution is 7.98. The van der Waals surface area contributed by atoms with E-state index in [1.165, 1.54) is 6.92 Å². The van der Waals surface area contributed by atoms with Gasteiger partial charge in [0.15, 0.2) is 5.78 Å². The van der Waals surface area contributed by atoms with Crippen LogP contribution >= 0.6 is 11.9 Å². The molecule has 1 aliphatic rings. The third-order valence-electron chi connectivity index (χ3n) is 4.00. The number of oxime groups is 1. The first-order chi connectivity index (χ1) is 12.1. The van der Waals surface area contributed by atoms with Crippen LogP contribution in [0, 0.1) is 0 Å². The summed E-state index contributed by atoms with van der Waals surface area (Å²) in [5.74, 6) is -1.35. The highest BCUT2D eigenvalue weighted by Crippen LogP contribution is 2.43. The number of hydrogen-bond acceptors (Lipinski definition) is 7. The summed E-state index contributed by atoms with van der Waals surface area (Å²) >= 11 is 1.74. The first-order valence-electron chi connectivity index (χ1n) is 8.25. The molecule has 26 heavy (non-hydrogen) atoms. The van der Waals surface area contributed by atoms with Gasteiger partial charge < -0.3 is 15.3 Å². The van der Waals surface area contributed by atoms with Crippen LogP contribution in [0.25, 0.3) is 0 Å². The third kappa shape index (κ3) is 4.44. The van der Waals surface area contributed by atoms with Crippen molar-refractivity contribution in [1.82, 2.24) is 4.31 Å². The van der Waals surface area contributed by atoms with Crippen LogP contribution in [0.15, 0.2) is 29.4 Å². The van der Waals surface area contributed by atoms with Crippen LogP contribution in [0.1, 0.15) is 33.3 Å². The van der Waals surface area contributed by atoms with Gasteiger partial charge in [-0.2, -0.15) is 0 Å². The summed E-state index contributed by atoms with van der Waals surface area (Å²) in [6.07, 6.45) is 0. The summed E-state index contributed by atoms with van der Waals surface area (Å²) in [7, 11) is 2.04. The zero-order chi connectivity index (χ0) is 19.5. The van der Waals surface area contributed by atoms with E-state index in [-0.39, 0.29) is 10.3 Å². The molecule has 0 saturated carbocycles. The molecule has 7 nitrogen and oxygen atoms in total. The number of hydrogen-bond donors (Lipinski definition) is 2. The Hall–Kier alpha value is -1.90. The standard InChI is InChI=1S/C18H25N3O4S/c1-12(22)15(20-24)16(23)19-14-8-6-7-13(9-14)18(10-25-11-18)21(5)26-17(2,3)4/h6-9,24H,10-11H2,1-5H3,(H,19,23)/b20-15-. The van der Waals surface area contributed by atoms with Crippen molar-refractivity contribution in [3.05, 3.63) is 29.8 Å². The maximum atomic E-state index is 12.1. The monoisotopic (exact) mass is 379 g/mol. The number of carbonyl (C=O) groups is 2. The number of ether oxygens (including phenoxy) is 1. The van der Waals surface area contributed by atoms with Crippen molar-refractivity contribution in [2.24, 2.45) is 5.16 Å². The van der Waals surface area contributed by atoms with E-state index in [1.54, 1.807) is 18.0 Å². The Morgan fingerprint density at radius 2 is 2.00 bits per heavy atom. The first kappa shape index (κ1) is 20.4. The molecule has 0 aromatic heterocycles. The van der Waals surface area contributed by atoms with E-state index in [2.05, 4.69) is 35.5 Å². The molecule has 1 heterocycles. The topological polar surface area (TPSA) is 91.2 Å². The minimum Gasteiger partial charge on any atom is -0.410 e. The largest absolute Gasteiger partial charge is 0.410 e. The molecule has 0 atom stereocenters. The quantitative estimate of drug-likeness (QED) is 0.260. The highest BCUT2D eigenvalue weighted by atomic mass is 32.2. The minimum absolute atomic E-state index is 0.0527. The molecule has 1 aromatic carbocycles. The summed E-state index contributed by atoms with van der Waals surface area (Å²) < 4.78 is 7.75. The van der Waals surface area contributed by atoms with Gasteiger partial charge in [-0.05, 0) is 45.5 Å². The van der Waals surface area contributed by atoms with Crippen molar-refractivity contribution in [2.75, 3.05) is 25.6 Å². The number of ketones is 1. The third-order valence-corrected chi connectivity index (χ3v) is 5.17. The van der Waals surface area contributed by atoms with Gasteiger partial charge in [0.2, 0.25) is 5.71 Å². The maximum Gasteiger partial charge on any atom is 0.281 e. The summed E-state index contributed by atoms with van der Waals surface area (Å²) in [6, 6.07) is 7.41. The van der Waals surface area contributed by atoms with E-state index < -0.39 is 17.4 Å². The first-order valence-corrected chi connectivity index (χ1v) is 9.02. The SMILES string of the molecule is CC(=O)/C(=N/O)C(=O)Nc1cccc(C2(N(C)SC(C)(C)C)COC2)c1. The lowest BCUT2D eigenvalue weighted by Crippen LogP contribution is -2.56. The molecule has 0 bridgehead atoms. The van der Waals surface area contributed by atoms with E-state index >= 15 is 0 Å². The van der Waals surface area contributed by atoms with Crippen molar-refractivity contribution in [3.8, 4) is 0 Å². The zero-order valence-electron chi connectivity index (χ0n) is 15.7. The Kier molecular flexibility index (Phi) is 6.10. The second kappa shape index (κ2) is 7.77. The summed E-state index contributed by atoms with van der Waals surface area (Å²) in [5.41, 5.74) is 0.714. The molecule has 142 valence electrons. The Bertz CT molecular complexity index is 723. The smallest absolute Gasteiger partial charge is 0.281 e. The molecule has 1 amide bonds. The van der Waals surface area contributed by atoms with Crippen molar-refractivity contribution >= 4 is 35.0 Å². The fourth-order valence-electron chi connectivity index (χ4n) is 2.68. The van der Waals surface area contributed by atoms with Gasteiger partial charge in [0.05, 0.1) is 13.2 Å². The van der Waals surface area contributed by atoms with Crippen LogP contribution in [0.3, 0.4) is 0 Å². The van der Waals surface area contributed by atoms with Crippen LogP contribution < -0.4 is 5.32 Å². The number of carbonyl (C=O) groups excluding carboxylic acids is 2. The number of anilines is 1. The predicted molar refractivity (Wildman–Crippen MR) is 103 cm³/mol. The molecule has 1 aliphatic heterocycles. The molecule has 0 aliphatic carbocycles. The fourth-order valence-corrected chi connectivity index (χ4v) is 3.88. The average molecular weight is 379 g/mol. The van der Waals surface area contributed by atoms with Crippen LogP contribution in [-0.4, -0.2) is 51.9 Å². The van der Waals surface area contributed by atoms with Gasteiger partial charge >= 0.3 is 0 Å². The van der Waals surface area contributed by atoms with Crippen LogP contribution in [0.2, 0.25) is 0 Å². The van der Waals surface area contributed by atoms with Crippen molar-refractivity contribution in [3.63, 3.8) is 0 Å². The number of Topliss-reactive ketones (excluding diaryl/α,β-unsaturated/α-hetero) is 1. The predicted octanol–water partition coefficient (Wildman–Crippen LogP) is 2.65. The van der Waals surface area contributed by atoms with Crippen molar-refractivity contribution in [1.29, 1.82) is 0 Å². The molecule has 0 spiro atoms. The summed E-state index contributed by atoms with van der Waals surface area (Å²) in [4.78, 5) is 23.4. The molecule has 2 N–H and O–H groups in total. The fraction of sp³-hybridized carbons (Fsp3) is 0.500. The maximum absolute atomic E-state index is 12.1. The molecule has 0 unspecified atom stereocenters. The molecular weight excluding hydrogens is 354 g/mol. The number of rotatable bonds is 6. The lowest BCUT2D eigenvalue weighted by molar-refractivity contribution is -0.114. The van der Waals surface area contributed by atoms with E-state index in [4.69, 9.17) is 9.94 Å². The van der Waals surface area contributed by atoms with E-state index in [0.29, 0.717) is 18.9 Å². The summed E-state index contributed by atoms with van der Waals surface area (Å²) in [5, 5.41) is 14.2. The van der Waals surface area contributed by atoms with Gasteiger partial charge in [0, 0.05) is 17.4 Å². The number of benzene rings is 1. The average Bonchev–Trinajstić information content (AvgIpc) is 2.44. The molecule has 1 fully saturated rings. The van der Waals surface area contributed by atoms with Crippen LogP contribution in [-0.2, 0) is 19.9 Å². The van der Waals surface area contributed by atoms with E-state index in [0.717, 1.165) is 5.56 Å². The Morgan fingerprint density at radius 3 is 2.46 bits per heavy atom. The molecule has 0 radical (unpaired) electrons. The number of nitrogens with one attached hydrogen (secondary N) is 1. The van der Waals surface area contributed by atoms with Gasteiger partial charge in [-0.15, -0.1) is 0 Å². The number of nitrogens with zero attached hydrogens (tertiary/aromatic N) is 2. The lowest BCUT2D eigenvalue weighted by atomic mass is 9.88. The van der Waals surface area contributed by atoms with Crippen LogP contribution in [0.5, 0.6) is 0 Å². The van der Waals surface area contributed by atoms with Gasteiger partial charge in [-0.25, -0.2) is 4.31 Å². The molecule has 1 aromatic rings. The minimum atomic E-state index is -0.742. The van der Waals surface area contributed by atoms with Gasteiger partial charge in [0.1, 0.15) is 5.54 Å². The van der Waals surface area contributed by atoms with E-state index in [1.807, 2.05) is 25.2 Å². The molecule has 1 saturated heterocycles. The van der Waals surface area contributed by atoms with E-state index in [9.17, 15) is 9.59 Å². The lowest BCUT2D eigenvalue weighted by Gasteiger charge is -2.49. The number of amides is 1. The van der Waals surface area contributed by atoms with Crippen LogP contribution in [0.4, 0.5) is 5.69 Å². The zero-order valence-corrected chi connectivity index (χ0v) is 16.5. The van der Waals surface area contributed by atoms with Gasteiger partial charge in [-0.1, -0.05) is 29.2 Å². The number of likely N-dealkylation sites (N-methyl/N-ethyl adjacent to an activating group) is 1. The van der Waals surface area contributed by atoms with Gasteiger partial charge in [0.25, 0.3) is 5.91 Å². The second-order valence-electron chi connectivity index (χ2n) is 7.27. The molecule has 2 rings (SSSR count). The Balaban J connectivity index is 2.25.